The predicted molar refractivity (Wildman–Crippen MR) is 103 cm³/mol. The molecule has 2 atom stereocenters. The smallest absolute Gasteiger partial charge is 0.407 e. The van der Waals surface area contributed by atoms with Crippen LogP contribution in [0.2, 0.25) is 0 Å². The summed E-state index contributed by atoms with van der Waals surface area (Å²) in [5.74, 6) is 0.358. The molecular formula is C22H25NO4. The summed E-state index contributed by atoms with van der Waals surface area (Å²) in [4.78, 5) is 12.2. The second kappa shape index (κ2) is 8.11. The molecule has 1 aliphatic carbocycles. The normalized spacial score (nSPS) is 19.4. The lowest BCUT2D eigenvalue weighted by molar-refractivity contribution is 0.123. The highest BCUT2D eigenvalue weighted by molar-refractivity contribution is 5.79. The first-order valence-corrected chi connectivity index (χ1v) is 9.55. The molecule has 2 aromatic rings. The molecule has 2 aromatic carbocycles. The highest BCUT2D eigenvalue weighted by Crippen LogP contribution is 2.44. The first-order valence-electron chi connectivity index (χ1n) is 9.55. The standard InChI is InChI=1S/C22H25NO4/c24-12-16(15-9-10-26-13-15)11-23-22(25)27-14-21-19-7-3-1-5-17(19)18-6-2-4-8-20(18)21/h1-8,15-16,21,24H,9-14H2,(H,23,25). The van der Waals surface area contributed by atoms with E-state index in [1.807, 2.05) is 24.3 Å². The minimum absolute atomic E-state index is 0.00739. The lowest BCUT2D eigenvalue weighted by Gasteiger charge is -2.20. The van der Waals surface area contributed by atoms with E-state index in [0.717, 1.165) is 13.0 Å². The van der Waals surface area contributed by atoms with Crippen LogP contribution in [-0.2, 0) is 9.47 Å². The summed E-state index contributed by atoms with van der Waals surface area (Å²) >= 11 is 0. The molecule has 142 valence electrons. The van der Waals surface area contributed by atoms with Crippen LogP contribution in [0, 0.1) is 11.8 Å². The van der Waals surface area contributed by atoms with Crippen molar-refractivity contribution in [3.63, 3.8) is 0 Å². The molecule has 0 spiro atoms. The third-order valence-corrected chi connectivity index (χ3v) is 5.72. The fourth-order valence-electron chi connectivity index (χ4n) is 4.17. The number of amides is 1. The largest absolute Gasteiger partial charge is 0.449 e. The van der Waals surface area contributed by atoms with E-state index in [9.17, 15) is 9.90 Å². The molecule has 2 unspecified atom stereocenters. The zero-order valence-corrected chi connectivity index (χ0v) is 15.3. The Morgan fingerprint density at radius 1 is 1.15 bits per heavy atom. The third kappa shape index (κ3) is 3.70. The lowest BCUT2D eigenvalue weighted by Crippen LogP contribution is -2.35. The summed E-state index contributed by atoms with van der Waals surface area (Å²) in [5, 5.41) is 12.4. The molecule has 5 nitrogen and oxygen atoms in total. The molecule has 0 aromatic heterocycles. The Balaban J connectivity index is 1.36. The molecule has 4 rings (SSSR count). The van der Waals surface area contributed by atoms with E-state index >= 15 is 0 Å². The van der Waals surface area contributed by atoms with Crippen molar-refractivity contribution in [1.29, 1.82) is 0 Å². The first-order chi connectivity index (χ1) is 13.3. The molecule has 1 heterocycles. The average molecular weight is 367 g/mol. The molecule has 1 saturated heterocycles. The summed E-state index contributed by atoms with van der Waals surface area (Å²) in [6, 6.07) is 16.5. The molecule has 1 aliphatic heterocycles. The molecule has 2 aliphatic rings. The van der Waals surface area contributed by atoms with Crippen molar-refractivity contribution in [2.24, 2.45) is 11.8 Å². The Morgan fingerprint density at radius 3 is 2.41 bits per heavy atom. The van der Waals surface area contributed by atoms with E-state index in [1.54, 1.807) is 0 Å². The highest BCUT2D eigenvalue weighted by Gasteiger charge is 2.29. The number of alkyl carbamates (subject to hydrolysis) is 1. The molecule has 2 N–H and O–H groups in total. The zero-order chi connectivity index (χ0) is 18.6. The van der Waals surface area contributed by atoms with Gasteiger partial charge >= 0.3 is 6.09 Å². The van der Waals surface area contributed by atoms with Crippen molar-refractivity contribution in [1.82, 2.24) is 5.32 Å². The second-order valence-electron chi connectivity index (χ2n) is 7.27. The lowest BCUT2D eigenvalue weighted by atomic mass is 9.92. The van der Waals surface area contributed by atoms with Crippen LogP contribution in [-0.4, -0.2) is 44.2 Å². The van der Waals surface area contributed by atoms with Gasteiger partial charge in [-0.3, -0.25) is 0 Å². The van der Waals surface area contributed by atoms with Gasteiger partial charge in [0, 0.05) is 38.2 Å². The number of aliphatic hydroxyl groups excluding tert-OH is 1. The van der Waals surface area contributed by atoms with E-state index in [4.69, 9.17) is 9.47 Å². The van der Waals surface area contributed by atoms with Crippen LogP contribution in [0.4, 0.5) is 4.79 Å². The molecular weight excluding hydrogens is 342 g/mol. The number of fused-ring (bicyclic) bond motifs is 3. The third-order valence-electron chi connectivity index (χ3n) is 5.72. The fraction of sp³-hybridized carbons (Fsp3) is 0.409. The van der Waals surface area contributed by atoms with E-state index in [1.165, 1.54) is 22.3 Å². The van der Waals surface area contributed by atoms with Crippen LogP contribution in [0.15, 0.2) is 48.5 Å². The summed E-state index contributed by atoms with van der Waals surface area (Å²) in [6.07, 6.45) is 0.492. The van der Waals surface area contributed by atoms with E-state index in [0.29, 0.717) is 25.7 Å². The van der Waals surface area contributed by atoms with Gasteiger partial charge in [-0.05, 0) is 34.6 Å². The van der Waals surface area contributed by atoms with Gasteiger partial charge in [-0.25, -0.2) is 4.79 Å². The van der Waals surface area contributed by atoms with Crippen molar-refractivity contribution < 1.29 is 19.4 Å². The first kappa shape index (κ1) is 18.0. The number of nitrogens with one attached hydrogen (secondary N) is 1. The molecule has 1 amide bonds. The predicted octanol–water partition coefficient (Wildman–Crippen LogP) is 3.17. The maximum atomic E-state index is 12.2. The number of rotatable bonds is 6. The molecule has 0 saturated carbocycles. The van der Waals surface area contributed by atoms with Crippen LogP contribution in [0.3, 0.4) is 0 Å². The summed E-state index contributed by atoms with van der Waals surface area (Å²) in [7, 11) is 0. The number of carbonyl (C=O) groups excluding carboxylic acids is 1. The molecule has 27 heavy (non-hydrogen) atoms. The maximum Gasteiger partial charge on any atom is 0.407 e. The Kier molecular flexibility index (Phi) is 5.41. The van der Waals surface area contributed by atoms with Gasteiger partial charge < -0.3 is 19.9 Å². The summed E-state index contributed by atoms with van der Waals surface area (Å²) in [6.45, 7) is 2.12. The van der Waals surface area contributed by atoms with E-state index < -0.39 is 6.09 Å². The van der Waals surface area contributed by atoms with Gasteiger partial charge in [-0.2, -0.15) is 0 Å². The Labute approximate surface area is 159 Å². The molecule has 5 heteroatoms. The number of carbonyl (C=O) groups is 1. The van der Waals surface area contributed by atoms with Gasteiger partial charge in [0.15, 0.2) is 0 Å². The highest BCUT2D eigenvalue weighted by atomic mass is 16.5. The van der Waals surface area contributed by atoms with Crippen LogP contribution >= 0.6 is 0 Å². The van der Waals surface area contributed by atoms with E-state index in [2.05, 4.69) is 29.6 Å². The topological polar surface area (TPSA) is 67.8 Å². The Bertz CT molecular complexity index is 755. The van der Waals surface area contributed by atoms with Crippen molar-refractivity contribution in [3.8, 4) is 11.1 Å². The van der Waals surface area contributed by atoms with Crippen molar-refractivity contribution in [3.05, 3.63) is 59.7 Å². The fourth-order valence-corrected chi connectivity index (χ4v) is 4.17. The monoisotopic (exact) mass is 367 g/mol. The number of hydrogen-bond acceptors (Lipinski definition) is 4. The van der Waals surface area contributed by atoms with Gasteiger partial charge in [0.05, 0.1) is 0 Å². The van der Waals surface area contributed by atoms with Crippen molar-refractivity contribution >= 4 is 6.09 Å². The summed E-state index contributed by atoms with van der Waals surface area (Å²) in [5.41, 5.74) is 4.82. The van der Waals surface area contributed by atoms with Gasteiger partial charge in [0.2, 0.25) is 0 Å². The molecule has 0 bridgehead atoms. The van der Waals surface area contributed by atoms with Gasteiger partial charge in [0.25, 0.3) is 0 Å². The average Bonchev–Trinajstić information content (AvgIpc) is 3.34. The maximum absolute atomic E-state index is 12.2. The Morgan fingerprint density at radius 2 is 1.81 bits per heavy atom. The Hall–Kier alpha value is -2.37. The van der Waals surface area contributed by atoms with Gasteiger partial charge in [-0.15, -0.1) is 0 Å². The van der Waals surface area contributed by atoms with Crippen molar-refractivity contribution in [2.75, 3.05) is 33.0 Å². The SMILES string of the molecule is O=C(NCC(CO)C1CCOC1)OCC1c2ccccc2-c2ccccc21. The molecule has 1 fully saturated rings. The van der Waals surface area contributed by atoms with Crippen LogP contribution < -0.4 is 5.32 Å². The number of ether oxygens (including phenoxy) is 2. The molecule has 0 radical (unpaired) electrons. The summed E-state index contributed by atoms with van der Waals surface area (Å²) < 4.78 is 10.9. The number of hydrogen-bond donors (Lipinski definition) is 2. The van der Waals surface area contributed by atoms with E-state index in [-0.39, 0.29) is 18.4 Å². The van der Waals surface area contributed by atoms with Crippen LogP contribution in [0.5, 0.6) is 0 Å². The van der Waals surface area contributed by atoms with Crippen molar-refractivity contribution in [2.45, 2.75) is 12.3 Å². The van der Waals surface area contributed by atoms with Gasteiger partial charge in [-0.1, -0.05) is 48.5 Å². The minimum atomic E-state index is -0.436. The minimum Gasteiger partial charge on any atom is -0.449 e. The van der Waals surface area contributed by atoms with Gasteiger partial charge in [0.1, 0.15) is 6.61 Å². The van der Waals surface area contributed by atoms with Crippen LogP contribution in [0.1, 0.15) is 23.5 Å². The number of aliphatic hydroxyl groups is 1. The zero-order valence-electron chi connectivity index (χ0n) is 15.3. The quantitative estimate of drug-likeness (QED) is 0.823. The second-order valence-corrected chi connectivity index (χ2v) is 7.27. The van der Waals surface area contributed by atoms with Crippen LogP contribution in [0.25, 0.3) is 11.1 Å². The number of benzene rings is 2.